The lowest BCUT2D eigenvalue weighted by molar-refractivity contribution is -0.141. The molecule has 0 unspecified atom stereocenters. The molecular formula is C27H37F2N3O4S. The molecule has 10 heteroatoms. The Morgan fingerprint density at radius 1 is 0.973 bits per heavy atom. The van der Waals surface area contributed by atoms with E-state index in [1.165, 1.54) is 6.07 Å². The van der Waals surface area contributed by atoms with Crippen LogP contribution in [-0.2, 0) is 26.0 Å². The SMILES string of the molecule is CC[C@@H](C)NC(=O)[C@@H](CC)N(CCc1ccccc1)C(=O)CCCN(c1ccc(F)c(F)c1)S(C)(=O)=O. The van der Waals surface area contributed by atoms with Gasteiger partial charge in [0.15, 0.2) is 11.6 Å². The molecule has 0 aliphatic heterocycles. The van der Waals surface area contributed by atoms with Crippen molar-refractivity contribution < 1.29 is 26.8 Å². The molecule has 2 aromatic carbocycles. The van der Waals surface area contributed by atoms with E-state index in [-0.39, 0.29) is 42.9 Å². The molecule has 0 radical (unpaired) electrons. The zero-order chi connectivity index (χ0) is 27.6. The highest BCUT2D eigenvalue weighted by Crippen LogP contribution is 2.21. The number of carbonyl (C=O) groups is 2. The molecule has 204 valence electrons. The van der Waals surface area contributed by atoms with E-state index in [1.54, 1.807) is 4.90 Å². The first kappa shape index (κ1) is 30.2. The van der Waals surface area contributed by atoms with Gasteiger partial charge in [0.1, 0.15) is 6.04 Å². The van der Waals surface area contributed by atoms with Crippen LogP contribution in [0.1, 0.15) is 52.0 Å². The molecule has 7 nitrogen and oxygen atoms in total. The van der Waals surface area contributed by atoms with Crippen molar-refractivity contribution in [3.63, 3.8) is 0 Å². The van der Waals surface area contributed by atoms with E-state index in [9.17, 15) is 26.8 Å². The minimum absolute atomic E-state index is 0.0163. The topological polar surface area (TPSA) is 86.8 Å². The van der Waals surface area contributed by atoms with Gasteiger partial charge in [0.2, 0.25) is 21.8 Å². The Morgan fingerprint density at radius 3 is 2.22 bits per heavy atom. The lowest BCUT2D eigenvalue weighted by atomic mass is 10.1. The van der Waals surface area contributed by atoms with Crippen LogP contribution in [0.25, 0.3) is 0 Å². The van der Waals surface area contributed by atoms with Gasteiger partial charge in [0, 0.05) is 31.6 Å². The van der Waals surface area contributed by atoms with Crippen molar-refractivity contribution in [2.24, 2.45) is 0 Å². The highest BCUT2D eigenvalue weighted by molar-refractivity contribution is 7.92. The first-order valence-electron chi connectivity index (χ1n) is 12.5. The second-order valence-corrected chi connectivity index (χ2v) is 11.0. The van der Waals surface area contributed by atoms with Crippen molar-refractivity contribution in [1.29, 1.82) is 0 Å². The number of anilines is 1. The molecule has 0 heterocycles. The Kier molecular flexibility index (Phi) is 11.5. The molecule has 1 N–H and O–H groups in total. The molecule has 0 aromatic heterocycles. The van der Waals surface area contributed by atoms with E-state index in [1.807, 2.05) is 51.1 Å². The first-order chi connectivity index (χ1) is 17.5. The van der Waals surface area contributed by atoms with E-state index in [4.69, 9.17) is 0 Å². The summed E-state index contributed by atoms with van der Waals surface area (Å²) < 4.78 is 52.7. The average Bonchev–Trinajstić information content (AvgIpc) is 2.85. The number of nitrogens with zero attached hydrogens (tertiary/aromatic N) is 2. The molecule has 0 fully saturated rings. The molecule has 0 bridgehead atoms. The first-order valence-corrected chi connectivity index (χ1v) is 14.4. The van der Waals surface area contributed by atoms with Crippen molar-refractivity contribution >= 4 is 27.5 Å². The number of sulfonamides is 1. The van der Waals surface area contributed by atoms with E-state index in [0.717, 1.165) is 34.7 Å². The van der Waals surface area contributed by atoms with E-state index < -0.39 is 27.7 Å². The van der Waals surface area contributed by atoms with Gasteiger partial charge in [-0.15, -0.1) is 0 Å². The molecule has 37 heavy (non-hydrogen) atoms. The molecule has 2 rings (SSSR count). The van der Waals surface area contributed by atoms with Crippen molar-refractivity contribution in [2.45, 2.75) is 65.0 Å². The maximum Gasteiger partial charge on any atom is 0.243 e. The Morgan fingerprint density at radius 2 is 1.65 bits per heavy atom. The van der Waals surface area contributed by atoms with Crippen molar-refractivity contribution in [1.82, 2.24) is 10.2 Å². The van der Waals surface area contributed by atoms with E-state index >= 15 is 0 Å². The summed E-state index contributed by atoms with van der Waals surface area (Å²) in [5.74, 6) is -2.74. The second kappa shape index (κ2) is 14.1. The fourth-order valence-corrected chi connectivity index (χ4v) is 4.94. The van der Waals surface area contributed by atoms with Gasteiger partial charge in [-0.2, -0.15) is 0 Å². The van der Waals surface area contributed by atoms with Crippen LogP contribution in [0.15, 0.2) is 48.5 Å². The lowest BCUT2D eigenvalue weighted by Gasteiger charge is -2.32. The lowest BCUT2D eigenvalue weighted by Crippen LogP contribution is -2.51. The summed E-state index contributed by atoms with van der Waals surface area (Å²) in [6, 6.07) is 11.8. The van der Waals surface area contributed by atoms with Crippen LogP contribution in [0.2, 0.25) is 0 Å². The normalized spacial score (nSPS) is 13.0. The van der Waals surface area contributed by atoms with Crippen molar-refractivity contribution in [2.75, 3.05) is 23.7 Å². The molecule has 0 spiro atoms. The zero-order valence-corrected chi connectivity index (χ0v) is 22.7. The number of benzene rings is 2. The number of nitrogens with one attached hydrogen (secondary N) is 1. The quantitative estimate of drug-likeness (QED) is 0.390. The Hall–Kier alpha value is -3.01. The summed E-state index contributed by atoms with van der Waals surface area (Å²) in [5.41, 5.74) is 1.01. The third-order valence-corrected chi connectivity index (χ3v) is 7.41. The summed E-state index contributed by atoms with van der Waals surface area (Å²) in [4.78, 5) is 27.9. The summed E-state index contributed by atoms with van der Waals surface area (Å²) in [7, 11) is -3.81. The molecule has 2 aromatic rings. The summed E-state index contributed by atoms with van der Waals surface area (Å²) in [5, 5.41) is 2.95. The molecule has 0 saturated heterocycles. The van der Waals surface area contributed by atoms with Crippen LogP contribution in [0.4, 0.5) is 14.5 Å². The van der Waals surface area contributed by atoms with Crippen LogP contribution in [0.5, 0.6) is 0 Å². The predicted octanol–water partition coefficient (Wildman–Crippen LogP) is 4.28. The smallest absolute Gasteiger partial charge is 0.243 e. The van der Waals surface area contributed by atoms with Crippen LogP contribution in [0, 0.1) is 11.6 Å². The average molecular weight is 538 g/mol. The number of amides is 2. The predicted molar refractivity (Wildman–Crippen MR) is 142 cm³/mol. The monoisotopic (exact) mass is 537 g/mol. The van der Waals surface area contributed by atoms with Crippen LogP contribution in [-0.4, -0.2) is 56.6 Å². The number of hydrogen-bond donors (Lipinski definition) is 1. The van der Waals surface area contributed by atoms with Crippen LogP contribution in [0.3, 0.4) is 0 Å². The molecule has 2 amide bonds. The maximum atomic E-state index is 13.7. The number of carbonyl (C=O) groups excluding carboxylic acids is 2. The van der Waals surface area contributed by atoms with Gasteiger partial charge >= 0.3 is 0 Å². The molecule has 0 saturated carbocycles. The third-order valence-electron chi connectivity index (χ3n) is 6.21. The molecule has 0 aliphatic rings. The van der Waals surface area contributed by atoms with Crippen molar-refractivity contribution in [3.05, 3.63) is 65.7 Å². The van der Waals surface area contributed by atoms with Crippen molar-refractivity contribution in [3.8, 4) is 0 Å². The Bertz CT molecular complexity index is 1150. The van der Waals surface area contributed by atoms with Gasteiger partial charge in [0.05, 0.1) is 11.9 Å². The standard InChI is InChI=1S/C27H37F2N3O4S/c1-5-20(3)30-27(34)25(6-2)31(18-16-21-11-8-7-9-12-21)26(33)13-10-17-32(37(4,35)36)22-14-15-23(28)24(29)19-22/h7-9,11-12,14-15,19-20,25H,5-6,10,13,16-18H2,1-4H3,(H,30,34)/t20-,25-/m1/s1. The summed E-state index contributed by atoms with van der Waals surface area (Å²) >= 11 is 0. The third kappa shape index (κ3) is 9.10. The summed E-state index contributed by atoms with van der Waals surface area (Å²) in [6.45, 7) is 5.94. The zero-order valence-electron chi connectivity index (χ0n) is 21.9. The highest BCUT2D eigenvalue weighted by atomic mass is 32.2. The highest BCUT2D eigenvalue weighted by Gasteiger charge is 2.29. The Labute approximate surface area is 218 Å². The van der Waals surface area contributed by atoms with Gasteiger partial charge < -0.3 is 10.2 Å². The van der Waals surface area contributed by atoms with Gasteiger partial charge in [-0.1, -0.05) is 44.2 Å². The van der Waals surface area contributed by atoms with Gasteiger partial charge in [-0.3, -0.25) is 13.9 Å². The number of rotatable bonds is 14. The molecular weight excluding hydrogens is 500 g/mol. The minimum atomic E-state index is -3.81. The largest absolute Gasteiger partial charge is 0.352 e. The van der Waals surface area contributed by atoms with E-state index in [0.29, 0.717) is 19.4 Å². The van der Waals surface area contributed by atoms with Gasteiger partial charge in [0.25, 0.3) is 0 Å². The van der Waals surface area contributed by atoms with Crippen LogP contribution >= 0.6 is 0 Å². The fourth-order valence-electron chi connectivity index (χ4n) is 3.98. The Balaban J connectivity index is 2.18. The second-order valence-electron chi connectivity index (χ2n) is 9.10. The number of halogens is 2. The molecule has 0 aliphatic carbocycles. The maximum absolute atomic E-state index is 13.7. The van der Waals surface area contributed by atoms with E-state index in [2.05, 4.69) is 5.32 Å². The van der Waals surface area contributed by atoms with Gasteiger partial charge in [-0.25, -0.2) is 17.2 Å². The minimum Gasteiger partial charge on any atom is -0.352 e. The summed E-state index contributed by atoms with van der Waals surface area (Å²) in [6.07, 6.45) is 2.82. The van der Waals surface area contributed by atoms with Crippen LogP contribution < -0.4 is 9.62 Å². The molecule has 2 atom stereocenters. The number of hydrogen-bond acceptors (Lipinski definition) is 4. The fraction of sp³-hybridized carbons (Fsp3) is 0.481. The van der Waals surface area contributed by atoms with Gasteiger partial charge in [-0.05, 0) is 50.3 Å².